The molecule has 2 heterocycles. The van der Waals surface area contributed by atoms with E-state index in [4.69, 9.17) is 4.74 Å². The lowest BCUT2D eigenvalue weighted by molar-refractivity contribution is -0.136. The van der Waals surface area contributed by atoms with Crippen molar-refractivity contribution < 1.29 is 17.9 Å². The smallest absolute Gasteiger partial charge is 0.243 e. The fourth-order valence-electron chi connectivity index (χ4n) is 4.07. The Balaban J connectivity index is 1.58. The van der Waals surface area contributed by atoms with Gasteiger partial charge >= 0.3 is 0 Å². The Hall–Kier alpha value is -1.64. The molecule has 0 saturated carbocycles. The molecule has 0 aliphatic carbocycles. The van der Waals surface area contributed by atoms with Gasteiger partial charge in [-0.2, -0.15) is 4.31 Å². The third kappa shape index (κ3) is 5.29. The number of sulfonamides is 1. The van der Waals surface area contributed by atoms with E-state index in [-0.39, 0.29) is 16.8 Å². The zero-order valence-electron chi connectivity index (χ0n) is 17.5. The summed E-state index contributed by atoms with van der Waals surface area (Å²) in [6, 6.07) is 6.36. The number of hydrogen-bond donors (Lipinski definition) is 0. The Bertz CT molecular complexity index is 766. The number of nitrogens with zero attached hydrogens (tertiary/aromatic N) is 3. The van der Waals surface area contributed by atoms with Crippen LogP contribution >= 0.6 is 0 Å². The highest BCUT2D eigenvalue weighted by atomic mass is 32.2. The standard InChI is InChI=1S/C21H33N3O4S/c1-3-28-19-8-10-20(11-9-19)29(26,27)24-16-14-22(15-17-24)18(2)21(25)23-12-6-4-5-7-13-23/h8-11,18H,3-7,12-17H2,1-2H3/t18-/m1/s1. The maximum atomic E-state index is 12.9. The summed E-state index contributed by atoms with van der Waals surface area (Å²) in [5, 5.41) is 0. The van der Waals surface area contributed by atoms with Gasteiger partial charge in [0.05, 0.1) is 17.5 Å². The van der Waals surface area contributed by atoms with Gasteiger partial charge in [-0.3, -0.25) is 9.69 Å². The van der Waals surface area contributed by atoms with Crippen LogP contribution in [-0.4, -0.2) is 80.3 Å². The molecule has 7 nitrogen and oxygen atoms in total. The van der Waals surface area contributed by atoms with E-state index in [2.05, 4.69) is 4.90 Å². The first-order valence-electron chi connectivity index (χ1n) is 10.7. The molecule has 8 heteroatoms. The number of carbonyl (C=O) groups excluding carboxylic acids is 1. The van der Waals surface area contributed by atoms with E-state index in [0.29, 0.717) is 38.5 Å². The van der Waals surface area contributed by atoms with Crippen LogP contribution in [0.4, 0.5) is 0 Å². The van der Waals surface area contributed by atoms with Crippen LogP contribution in [0.3, 0.4) is 0 Å². The Morgan fingerprint density at radius 1 is 0.966 bits per heavy atom. The number of piperazine rings is 1. The normalized spacial score (nSPS) is 20.8. The SMILES string of the molecule is CCOc1ccc(S(=O)(=O)N2CCN([C@H](C)C(=O)N3CCCCCC3)CC2)cc1. The predicted octanol–water partition coefficient (Wildman–Crippen LogP) is 2.18. The molecule has 3 rings (SSSR count). The molecule has 1 atom stereocenters. The molecule has 0 unspecified atom stereocenters. The van der Waals surface area contributed by atoms with Crippen molar-refractivity contribution in [2.24, 2.45) is 0 Å². The lowest BCUT2D eigenvalue weighted by Crippen LogP contribution is -2.55. The first kappa shape index (κ1) is 22.1. The Kier molecular flexibility index (Phi) is 7.54. The molecular weight excluding hydrogens is 390 g/mol. The van der Waals surface area contributed by atoms with Crippen molar-refractivity contribution in [1.82, 2.24) is 14.1 Å². The summed E-state index contributed by atoms with van der Waals surface area (Å²) >= 11 is 0. The van der Waals surface area contributed by atoms with Crippen molar-refractivity contribution in [2.75, 3.05) is 45.9 Å². The first-order valence-corrected chi connectivity index (χ1v) is 12.1. The van der Waals surface area contributed by atoms with E-state index in [1.54, 1.807) is 24.3 Å². The molecule has 0 bridgehead atoms. The minimum absolute atomic E-state index is 0.176. The molecule has 1 aromatic rings. The van der Waals surface area contributed by atoms with Crippen LogP contribution in [0.2, 0.25) is 0 Å². The minimum Gasteiger partial charge on any atom is -0.494 e. The molecule has 2 aliphatic heterocycles. The molecule has 1 amide bonds. The van der Waals surface area contributed by atoms with Crippen molar-refractivity contribution in [2.45, 2.75) is 50.5 Å². The third-order valence-corrected chi connectivity index (χ3v) is 7.78. The van der Waals surface area contributed by atoms with Crippen molar-refractivity contribution >= 4 is 15.9 Å². The minimum atomic E-state index is -3.53. The highest BCUT2D eigenvalue weighted by Crippen LogP contribution is 2.22. The summed E-state index contributed by atoms with van der Waals surface area (Å²) in [4.78, 5) is 17.3. The van der Waals surface area contributed by atoms with Crippen molar-refractivity contribution in [3.8, 4) is 5.75 Å². The molecule has 0 aromatic heterocycles. The lowest BCUT2D eigenvalue weighted by Gasteiger charge is -2.38. The van der Waals surface area contributed by atoms with Crippen LogP contribution in [0.1, 0.15) is 39.5 Å². The van der Waals surface area contributed by atoms with Gasteiger partial charge in [0.25, 0.3) is 0 Å². The largest absolute Gasteiger partial charge is 0.494 e. The second-order valence-corrected chi connectivity index (χ2v) is 9.70. The van der Waals surface area contributed by atoms with Gasteiger partial charge in [-0.15, -0.1) is 0 Å². The summed E-state index contributed by atoms with van der Waals surface area (Å²) in [6.07, 6.45) is 4.54. The summed E-state index contributed by atoms with van der Waals surface area (Å²) in [6.45, 7) is 7.99. The van der Waals surface area contributed by atoms with E-state index < -0.39 is 10.0 Å². The lowest BCUT2D eigenvalue weighted by atomic mass is 10.2. The van der Waals surface area contributed by atoms with Crippen molar-refractivity contribution in [1.29, 1.82) is 0 Å². The molecule has 0 spiro atoms. The summed E-state index contributed by atoms with van der Waals surface area (Å²) in [5.74, 6) is 0.840. The highest BCUT2D eigenvalue weighted by molar-refractivity contribution is 7.89. The summed E-state index contributed by atoms with van der Waals surface area (Å²) in [5.41, 5.74) is 0. The monoisotopic (exact) mass is 423 g/mol. The van der Waals surface area contributed by atoms with Gasteiger partial charge < -0.3 is 9.64 Å². The molecule has 2 fully saturated rings. The molecular formula is C21H33N3O4S. The van der Waals surface area contributed by atoms with Crippen LogP contribution in [0, 0.1) is 0 Å². The van der Waals surface area contributed by atoms with E-state index in [0.717, 1.165) is 25.9 Å². The van der Waals surface area contributed by atoms with Crippen molar-refractivity contribution in [3.63, 3.8) is 0 Å². The van der Waals surface area contributed by atoms with Gasteiger partial charge in [0, 0.05) is 39.3 Å². The fourth-order valence-corrected chi connectivity index (χ4v) is 5.49. The van der Waals surface area contributed by atoms with Gasteiger partial charge in [0.1, 0.15) is 5.75 Å². The number of carbonyl (C=O) groups is 1. The summed E-state index contributed by atoms with van der Waals surface area (Å²) in [7, 11) is -3.53. The molecule has 2 aliphatic rings. The number of benzene rings is 1. The fraction of sp³-hybridized carbons (Fsp3) is 0.667. The van der Waals surface area contributed by atoms with Crippen molar-refractivity contribution in [3.05, 3.63) is 24.3 Å². The average Bonchev–Trinajstić information content (AvgIpc) is 3.03. The zero-order valence-corrected chi connectivity index (χ0v) is 18.4. The number of ether oxygens (including phenoxy) is 1. The first-order chi connectivity index (χ1) is 13.9. The maximum absolute atomic E-state index is 12.9. The van der Waals surface area contributed by atoms with Crippen LogP contribution < -0.4 is 4.74 Å². The number of hydrogen-bond acceptors (Lipinski definition) is 5. The summed E-state index contributed by atoms with van der Waals surface area (Å²) < 4.78 is 32.8. The third-order valence-electron chi connectivity index (χ3n) is 5.87. The van der Waals surface area contributed by atoms with Crippen LogP contribution in [0.25, 0.3) is 0 Å². The van der Waals surface area contributed by atoms with Gasteiger partial charge in [0.2, 0.25) is 15.9 Å². The Labute approximate surface area is 174 Å². The predicted molar refractivity (Wildman–Crippen MR) is 112 cm³/mol. The average molecular weight is 424 g/mol. The number of rotatable bonds is 6. The quantitative estimate of drug-likeness (QED) is 0.701. The number of likely N-dealkylation sites (tertiary alicyclic amines) is 1. The topological polar surface area (TPSA) is 70.2 Å². The van der Waals surface area contributed by atoms with Gasteiger partial charge in [0.15, 0.2) is 0 Å². The second-order valence-electron chi connectivity index (χ2n) is 7.76. The number of amides is 1. The molecule has 2 saturated heterocycles. The van der Waals surface area contributed by atoms with Gasteiger partial charge in [-0.05, 0) is 51.0 Å². The zero-order chi connectivity index (χ0) is 20.9. The van der Waals surface area contributed by atoms with Crippen LogP contribution in [-0.2, 0) is 14.8 Å². The van der Waals surface area contributed by atoms with Crippen LogP contribution in [0.5, 0.6) is 5.75 Å². The molecule has 0 N–H and O–H groups in total. The van der Waals surface area contributed by atoms with E-state index >= 15 is 0 Å². The Morgan fingerprint density at radius 3 is 2.10 bits per heavy atom. The molecule has 0 radical (unpaired) electrons. The van der Waals surface area contributed by atoms with Crippen LogP contribution in [0.15, 0.2) is 29.2 Å². The molecule has 162 valence electrons. The highest BCUT2D eigenvalue weighted by Gasteiger charge is 2.33. The van der Waals surface area contributed by atoms with Gasteiger partial charge in [-0.25, -0.2) is 8.42 Å². The second kappa shape index (κ2) is 9.91. The van der Waals surface area contributed by atoms with E-state index in [9.17, 15) is 13.2 Å². The van der Waals surface area contributed by atoms with E-state index in [1.165, 1.54) is 17.1 Å². The Morgan fingerprint density at radius 2 is 1.55 bits per heavy atom. The van der Waals surface area contributed by atoms with E-state index in [1.807, 2.05) is 18.7 Å². The van der Waals surface area contributed by atoms with Gasteiger partial charge in [-0.1, -0.05) is 12.8 Å². The maximum Gasteiger partial charge on any atom is 0.243 e. The molecule has 1 aromatic carbocycles. The molecule has 29 heavy (non-hydrogen) atoms.